The molecule has 2 aromatic rings. The van der Waals surface area contributed by atoms with Gasteiger partial charge in [-0.2, -0.15) is 4.98 Å². The molecule has 6 nitrogen and oxygen atoms in total. The number of oxazole rings is 1. The highest BCUT2D eigenvalue weighted by molar-refractivity contribution is 5.92. The van der Waals surface area contributed by atoms with E-state index in [1.807, 2.05) is 0 Å². The molecule has 1 aromatic carbocycles. The van der Waals surface area contributed by atoms with Gasteiger partial charge in [0, 0.05) is 6.54 Å². The number of nitrogens with zero attached hydrogens (tertiary/aromatic N) is 1. The second-order valence-corrected chi connectivity index (χ2v) is 5.22. The zero-order chi connectivity index (χ0) is 14.1. The van der Waals surface area contributed by atoms with Crippen LogP contribution in [0.3, 0.4) is 0 Å². The second-order valence-electron chi connectivity index (χ2n) is 5.22. The average molecular weight is 276 g/mol. The van der Waals surface area contributed by atoms with E-state index in [9.17, 15) is 9.90 Å². The number of carboxylic acids is 1. The van der Waals surface area contributed by atoms with E-state index in [0.717, 1.165) is 19.3 Å². The first-order valence-corrected chi connectivity index (χ1v) is 6.67. The Hall–Kier alpha value is -2.08. The van der Waals surface area contributed by atoms with Crippen molar-refractivity contribution in [2.24, 2.45) is 5.92 Å². The van der Waals surface area contributed by atoms with E-state index in [0.29, 0.717) is 29.6 Å². The summed E-state index contributed by atoms with van der Waals surface area (Å²) in [6, 6.07) is 5.00. The van der Waals surface area contributed by atoms with Gasteiger partial charge in [-0.05, 0) is 43.4 Å². The number of aromatic carboxylic acids is 1. The van der Waals surface area contributed by atoms with Crippen molar-refractivity contribution in [3.63, 3.8) is 0 Å². The number of aliphatic hydroxyl groups excluding tert-OH is 1. The van der Waals surface area contributed by atoms with Crippen molar-refractivity contribution >= 4 is 23.1 Å². The van der Waals surface area contributed by atoms with Crippen LogP contribution in [0.4, 0.5) is 6.01 Å². The third-order valence-electron chi connectivity index (χ3n) is 3.69. The Morgan fingerprint density at radius 2 is 2.30 bits per heavy atom. The normalized spacial score (nSPS) is 22.2. The Labute approximate surface area is 115 Å². The molecular weight excluding hydrogens is 260 g/mol. The number of carboxylic acid groups (broad SMARTS) is 1. The predicted molar refractivity (Wildman–Crippen MR) is 72.8 cm³/mol. The van der Waals surface area contributed by atoms with Gasteiger partial charge in [-0.3, -0.25) is 0 Å². The van der Waals surface area contributed by atoms with Gasteiger partial charge in [0.15, 0.2) is 5.58 Å². The number of rotatable bonds is 4. The molecular formula is C14H16N2O4. The summed E-state index contributed by atoms with van der Waals surface area (Å²) >= 11 is 0. The fourth-order valence-corrected chi connectivity index (χ4v) is 2.60. The van der Waals surface area contributed by atoms with Crippen LogP contribution in [0.25, 0.3) is 11.1 Å². The molecule has 1 aliphatic carbocycles. The first-order chi connectivity index (χ1) is 9.61. The molecule has 0 radical (unpaired) electrons. The molecule has 1 fully saturated rings. The quantitative estimate of drug-likeness (QED) is 0.791. The molecule has 1 saturated carbocycles. The molecule has 0 spiro atoms. The average Bonchev–Trinajstić information content (AvgIpc) is 3.00. The minimum atomic E-state index is -0.988. The van der Waals surface area contributed by atoms with Crippen LogP contribution < -0.4 is 5.32 Å². The number of benzene rings is 1. The van der Waals surface area contributed by atoms with Crippen LogP contribution in [0, 0.1) is 5.92 Å². The van der Waals surface area contributed by atoms with Crippen molar-refractivity contribution in [3.8, 4) is 0 Å². The predicted octanol–water partition coefficient (Wildman–Crippen LogP) is 2.10. The molecule has 2 unspecified atom stereocenters. The van der Waals surface area contributed by atoms with Crippen LogP contribution in [0.15, 0.2) is 22.6 Å². The van der Waals surface area contributed by atoms with Gasteiger partial charge in [-0.25, -0.2) is 4.79 Å². The zero-order valence-corrected chi connectivity index (χ0v) is 10.9. The number of aromatic nitrogens is 1. The molecule has 0 amide bonds. The number of hydrogen-bond donors (Lipinski definition) is 3. The summed E-state index contributed by atoms with van der Waals surface area (Å²) in [6.07, 6.45) is 2.46. The van der Waals surface area contributed by atoms with E-state index in [1.165, 1.54) is 12.1 Å². The van der Waals surface area contributed by atoms with Gasteiger partial charge in [0.2, 0.25) is 0 Å². The van der Waals surface area contributed by atoms with Gasteiger partial charge in [0.1, 0.15) is 5.52 Å². The highest BCUT2D eigenvalue weighted by Crippen LogP contribution is 2.26. The van der Waals surface area contributed by atoms with Gasteiger partial charge in [0.25, 0.3) is 6.01 Å². The molecule has 20 heavy (non-hydrogen) atoms. The zero-order valence-electron chi connectivity index (χ0n) is 10.9. The smallest absolute Gasteiger partial charge is 0.335 e. The molecule has 6 heteroatoms. The summed E-state index contributed by atoms with van der Waals surface area (Å²) in [5.74, 6) is -0.563. The summed E-state index contributed by atoms with van der Waals surface area (Å²) < 4.78 is 5.50. The van der Waals surface area contributed by atoms with Crippen LogP contribution >= 0.6 is 0 Å². The Morgan fingerprint density at radius 1 is 1.45 bits per heavy atom. The SMILES string of the molecule is O=C(O)c1ccc2nc(NCC3CCC(O)C3)oc2c1. The molecule has 1 heterocycles. The van der Waals surface area contributed by atoms with E-state index in [2.05, 4.69) is 10.3 Å². The maximum atomic E-state index is 10.9. The molecule has 2 atom stereocenters. The van der Waals surface area contributed by atoms with Crippen molar-refractivity contribution in [3.05, 3.63) is 23.8 Å². The van der Waals surface area contributed by atoms with Crippen molar-refractivity contribution in [1.82, 2.24) is 4.98 Å². The minimum absolute atomic E-state index is 0.180. The van der Waals surface area contributed by atoms with Crippen LogP contribution in [0.2, 0.25) is 0 Å². The topological polar surface area (TPSA) is 95.6 Å². The van der Waals surface area contributed by atoms with Crippen LogP contribution in [-0.4, -0.2) is 33.8 Å². The molecule has 106 valence electrons. The Balaban J connectivity index is 1.71. The molecule has 3 N–H and O–H groups in total. The molecule has 0 bridgehead atoms. The van der Waals surface area contributed by atoms with Gasteiger partial charge in [0.05, 0.1) is 11.7 Å². The number of nitrogens with one attached hydrogen (secondary N) is 1. The fraction of sp³-hybridized carbons (Fsp3) is 0.429. The summed E-state index contributed by atoms with van der Waals surface area (Å²) in [5.41, 5.74) is 1.27. The maximum Gasteiger partial charge on any atom is 0.335 e. The van der Waals surface area contributed by atoms with Crippen LogP contribution in [0.1, 0.15) is 29.6 Å². The first kappa shape index (κ1) is 12.9. The lowest BCUT2D eigenvalue weighted by molar-refractivity contribution is 0.0697. The Morgan fingerprint density at radius 3 is 3.00 bits per heavy atom. The van der Waals surface area contributed by atoms with Gasteiger partial charge >= 0.3 is 5.97 Å². The van der Waals surface area contributed by atoms with E-state index in [4.69, 9.17) is 9.52 Å². The molecule has 1 aliphatic rings. The standard InChI is InChI=1S/C14H16N2O4/c17-10-3-1-8(5-10)7-15-14-16-11-4-2-9(13(18)19)6-12(11)20-14/h2,4,6,8,10,17H,1,3,5,7H2,(H,15,16)(H,18,19). The largest absolute Gasteiger partial charge is 0.478 e. The molecule has 3 rings (SSSR count). The number of anilines is 1. The lowest BCUT2D eigenvalue weighted by Crippen LogP contribution is -2.12. The first-order valence-electron chi connectivity index (χ1n) is 6.67. The van der Waals surface area contributed by atoms with E-state index >= 15 is 0 Å². The lowest BCUT2D eigenvalue weighted by Gasteiger charge is -2.08. The molecule has 0 aliphatic heterocycles. The fourth-order valence-electron chi connectivity index (χ4n) is 2.60. The van der Waals surface area contributed by atoms with Crippen molar-refractivity contribution in [2.75, 3.05) is 11.9 Å². The highest BCUT2D eigenvalue weighted by Gasteiger charge is 2.22. The number of aliphatic hydroxyl groups is 1. The third kappa shape index (κ3) is 2.60. The van der Waals surface area contributed by atoms with Gasteiger partial charge in [-0.15, -0.1) is 0 Å². The molecule has 1 aromatic heterocycles. The Kier molecular flexibility index (Phi) is 3.31. The van der Waals surface area contributed by atoms with E-state index in [1.54, 1.807) is 6.07 Å². The number of fused-ring (bicyclic) bond motifs is 1. The van der Waals surface area contributed by atoms with Crippen LogP contribution in [-0.2, 0) is 0 Å². The summed E-state index contributed by atoms with van der Waals surface area (Å²) in [7, 11) is 0. The van der Waals surface area contributed by atoms with E-state index < -0.39 is 5.97 Å². The highest BCUT2D eigenvalue weighted by atomic mass is 16.4. The monoisotopic (exact) mass is 276 g/mol. The minimum Gasteiger partial charge on any atom is -0.478 e. The molecule has 0 saturated heterocycles. The maximum absolute atomic E-state index is 10.9. The van der Waals surface area contributed by atoms with Gasteiger partial charge in [-0.1, -0.05) is 0 Å². The summed E-state index contributed by atoms with van der Waals surface area (Å²) in [4.78, 5) is 15.1. The van der Waals surface area contributed by atoms with Crippen molar-refractivity contribution in [2.45, 2.75) is 25.4 Å². The van der Waals surface area contributed by atoms with Crippen molar-refractivity contribution in [1.29, 1.82) is 0 Å². The van der Waals surface area contributed by atoms with Gasteiger partial charge < -0.3 is 19.9 Å². The Bertz CT molecular complexity index is 637. The summed E-state index contributed by atoms with van der Waals surface area (Å²) in [6.45, 7) is 0.704. The number of carbonyl (C=O) groups is 1. The van der Waals surface area contributed by atoms with Crippen LogP contribution in [0.5, 0.6) is 0 Å². The lowest BCUT2D eigenvalue weighted by atomic mass is 10.1. The van der Waals surface area contributed by atoms with Crippen molar-refractivity contribution < 1.29 is 19.4 Å². The summed E-state index contributed by atoms with van der Waals surface area (Å²) in [5, 5.41) is 21.5. The second kappa shape index (κ2) is 5.13. The van der Waals surface area contributed by atoms with E-state index in [-0.39, 0.29) is 11.7 Å². The third-order valence-corrected chi connectivity index (χ3v) is 3.69. The number of hydrogen-bond acceptors (Lipinski definition) is 5.